The molecule has 1 unspecified atom stereocenters. The fourth-order valence-corrected chi connectivity index (χ4v) is 5.25. The molecule has 2 amide bonds. The highest BCUT2D eigenvalue weighted by molar-refractivity contribution is 7.89. The van der Waals surface area contributed by atoms with Crippen LogP contribution in [0.15, 0.2) is 29.2 Å². The zero-order chi connectivity index (χ0) is 21.4. The fraction of sp³-hybridized carbons (Fsp3) is 0.600. The van der Waals surface area contributed by atoms with Gasteiger partial charge in [-0.2, -0.15) is 4.31 Å². The first-order chi connectivity index (χ1) is 13.5. The molecule has 1 atom stereocenters. The van der Waals surface area contributed by atoms with Gasteiger partial charge in [0.1, 0.15) is 5.75 Å². The maximum absolute atomic E-state index is 12.9. The number of piperazine rings is 1. The van der Waals surface area contributed by atoms with Gasteiger partial charge in [-0.25, -0.2) is 8.42 Å². The largest absolute Gasteiger partial charge is 0.497 e. The zero-order valence-corrected chi connectivity index (χ0v) is 18.2. The van der Waals surface area contributed by atoms with E-state index in [2.05, 4.69) is 0 Å². The second-order valence-corrected chi connectivity index (χ2v) is 10.4. The Labute approximate surface area is 172 Å². The number of carbonyl (C=O) groups excluding carboxylic acids is 2. The lowest BCUT2D eigenvalue weighted by atomic mass is 10.1. The Morgan fingerprint density at radius 2 is 1.66 bits per heavy atom. The van der Waals surface area contributed by atoms with E-state index >= 15 is 0 Å². The summed E-state index contributed by atoms with van der Waals surface area (Å²) in [5, 5.41) is 0. The summed E-state index contributed by atoms with van der Waals surface area (Å²) in [6.45, 7) is 7.43. The lowest BCUT2D eigenvalue weighted by molar-refractivity contribution is -0.137. The van der Waals surface area contributed by atoms with E-state index in [9.17, 15) is 18.0 Å². The number of ether oxygens (including phenoxy) is 1. The minimum atomic E-state index is -3.61. The number of hydrogen-bond acceptors (Lipinski definition) is 5. The molecule has 0 N–H and O–H groups in total. The van der Waals surface area contributed by atoms with E-state index in [1.807, 2.05) is 20.8 Å². The molecule has 9 heteroatoms. The van der Waals surface area contributed by atoms with Crippen molar-refractivity contribution in [3.63, 3.8) is 0 Å². The molecule has 0 bridgehead atoms. The van der Waals surface area contributed by atoms with Gasteiger partial charge in [-0.15, -0.1) is 0 Å². The van der Waals surface area contributed by atoms with Gasteiger partial charge >= 0.3 is 0 Å². The van der Waals surface area contributed by atoms with Crippen molar-refractivity contribution < 1.29 is 22.7 Å². The van der Waals surface area contributed by atoms with Gasteiger partial charge in [-0.3, -0.25) is 9.59 Å². The Balaban J connectivity index is 1.61. The summed E-state index contributed by atoms with van der Waals surface area (Å²) in [4.78, 5) is 28.8. The van der Waals surface area contributed by atoms with Gasteiger partial charge in [-0.1, -0.05) is 0 Å². The van der Waals surface area contributed by atoms with Gasteiger partial charge in [0.15, 0.2) is 0 Å². The number of nitrogens with zero attached hydrogens (tertiary/aromatic N) is 3. The zero-order valence-electron chi connectivity index (χ0n) is 17.4. The average molecular weight is 424 g/mol. The second kappa shape index (κ2) is 7.95. The highest BCUT2D eigenvalue weighted by Gasteiger charge is 2.41. The summed E-state index contributed by atoms with van der Waals surface area (Å²) in [5.74, 6) is 0.171. The highest BCUT2D eigenvalue weighted by atomic mass is 32.2. The van der Waals surface area contributed by atoms with E-state index in [1.165, 1.54) is 23.5 Å². The first kappa shape index (κ1) is 21.6. The van der Waals surface area contributed by atoms with Crippen LogP contribution >= 0.6 is 0 Å². The summed E-state index contributed by atoms with van der Waals surface area (Å²) in [6, 6.07) is 6.28. The molecule has 3 rings (SSSR count). The van der Waals surface area contributed by atoms with Crippen LogP contribution in [-0.2, 0) is 19.6 Å². The van der Waals surface area contributed by atoms with E-state index in [-0.39, 0.29) is 47.7 Å². The molecule has 0 aromatic heterocycles. The third kappa shape index (κ3) is 4.40. The SMILES string of the molecule is COc1ccc(S(=O)(=O)N2CCN(C(=O)C3CC(=O)N(C(C)(C)C)C3)CC2)cc1. The maximum atomic E-state index is 12.9. The van der Waals surface area contributed by atoms with E-state index < -0.39 is 10.0 Å². The molecule has 8 nitrogen and oxygen atoms in total. The first-order valence-electron chi connectivity index (χ1n) is 9.77. The molecule has 2 aliphatic rings. The Bertz CT molecular complexity index is 868. The summed E-state index contributed by atoms with van der Waals surface area (Å²) in [7, 11) is -2.09. The normalized spacial score (nSPS) is 21.5. The van der Waals surface area contributed by atoms with Crippen molar-refractivity contribution >= 4 is 21.8 Å². The molecule has 29 heavy (non-hydrogen) atoms. The van der Waals surface area contributed by atoms with Crippen LogP contribution in [0.1, 0.15) is 27.2 Å². The summed E-state index contributed by atoms with van der Waals surface area (Å²) < 4.78 is 32.2. The van der Waals surface area contributed by atoms with E-state index in [4.69, 9.17) is 4.74 Å². The Kier molecular flexibility index (Phi) is 5.91. The number of sulfonamides is 1. The van der Waals surface area contributed by atoms with Gasteiger partial charge in [-0.05, 0) is 45.0 Å². The molecule has 0 spiro atoms. The number of amides is 2. The molecule has 0 radical (unpaired) electrons. The molecule has 0 saturated carbocycles. The molecular weight excluding hydrogens is 394 g/mol. The third-order valence-electron chi connectivity index (χ3n) is 5.53. The Morgan fingerprint density at radius 3 is 2.14 bits per heavy atom. The molecule has 2 heterocycles. The van der Waals surface area contributed by atoms with E-state index in [0.29, 0.717) is 25.4 Å². The highest BCUT2D eigenvalue weighted by Crippen LogP contribution is 2.28. The van der Waals surface area contributed by atoms with Gasteiger partial charge in [0.25, 0.3) is 0 Å². The molecular formula is C20H29N3O5S. The molecule has 2 saturated heterocycles. The van der Waals surface area contributed by atoms with Crippen molar-refractivity contribution in [2.45, 2.75) is 37.6 Å². The van der Waals surface area contributed by atoms with E-state index in [1.54, 1.807) is 21.9 Å². The number of likely N-dealkylation sites (tertiary alicyclic amines) is 1. The minimum Gasteiger partial charge on any atom is -0.497 e. The van der Waals surface area contributed by atoms with Crippen LogP contribution < -0.4 is 4.74 Å². The predicted octanol–water partition coefficient (Wildman–Crippen LogP) is 1.18. The van der Waals surface area contributed by atoms with Gasteiger partial charge < -0.3 is 14.5 Å². The van der Waals surface area contributed by atoms with Gasteiger partial charge in [0.05, 0.1) is 17.9 Å². The van der Waals surface area contributed by atoms with Crippen LogP contribution in [0.3, 0.4) is 0 Å². The smallest absolute Gasteiger partial charge is 0.243 e. The van der Waals surface area contributed by atoms with Crippen molar-refractivity contribution in [2.75, 3.05) is 39.8 Å². The van der Waals surface area contributed by atoms with Gasteiger partial charge in [0, 0.05) is 44.7 Å². The van der Waals surface area contributed by atoms with Crippen LogP contribution in [0.25, 0.3) is 0 Å². The van der Waals surface area contributed by atoms with Crippen molar-refractivity contribution in [1.82, 2.24) is 14.1 Å². The average Bonchev–Trinajstić information content (AvgIpc) is 3.09. The lowest BCUT2D eigenvalue weighted by Crippen LogP contribution is -2.52. The number of carbonyl (C=O) groups is 2. The van der Waals surface area contributed by atoms with Crippen molar-refractivity contribution in [3.05, 3.63) is 24.3 Å². The topological polar surface area (TPSA) is 87.2 Å². The third-order valence-corrected chi connectivity index (χ3v) is 7.44. The molecule has 1 aromatic rings. The number of hydrogen-bond donors (Lipinski definition) is 0. The summed E-state index contributed by atoms with van der Waals surface area (Å²) >= 11 is 0. The molecule has 0 aliphatic carbocycles. The fourth-order valence-electron chi connectivity index (χ4n) is 3.82. The van der Waals surface area contributed by atoms with Gasteiger partial charge in [0.2, 0.25) is 21.8 Å². The minimum absolute atomic E-state index is 0.00318. The molecule has 1 aromatic carbocycles. The number of methoxy groups -OCH3 is 1. The monoisotopic (exact) mass is 423 g/mol. The predicted molar refractivity (Wildman–Crippen MR) is 108 cm³/mol. The lowest BCUT2D eigenvalue weighted by Gasteiger charge is -2.36. The van der Waals surface area contributed by atoms with Crippen LogP contribution in [0.5, 0.6) is 5.75 Å². The van der Waals surface area contributed by atoms with Crippen LogP contribution in [0, 0.1) is 5.92 Å². The second-order valence-electron chi connectivity index (χ2n) is 8.48. The van der Waals surface area contributed by atoms with Crippen LogP contribution in [0.4, 0.5) is 0 Å². The summed E-state index contributed by atoms with van der Waals surface area (Å²) in [5.41, 5.74) is -0.308. The number of rotatable bonds is 4. The van der Waals surface area contributed by atoms with Crippen LogP contribution in [-0.4, -0.2) is 79.7 Å². The standard InChI is InChI=1S/C20H29N3O5S/c1-20(2,3)23-14-15(13-18(23)24)19(25)21-9-11-22(12-10-21)29(26,27)17-7-5-16(28-4)6-8-17/h5-8,15H,9-14H2,1-4H3. The Hall–Kier alpha value is -2.13. The molecule has 2 fully saturated rings. The molecule has 2 aliphatic heterocycles. The van der Waals surface area contributed by atoms with Crippen molar-refractivity contribution in [1.29, 1.82) is 0 Å². The number of benzene rings is 1. The van der Waals surface area contributed by atoms with Crippen LogP contribution in [0.2, 0.25) is 0 Å². The van der Waals surface area contributed by atoms with Crippen molar-refractivity contribution in [3.8, 4) is 5.75 Å². The van der Waals surface area contributed by atoms with E-state index in [0.717, 1.165) is 0 Å². The Morgan fingerprint density at radius 1 is 1.07 bits per heavy atom. The quantitative estimate of drug-likeness (QED) is 0.726. The van der Waals surface area contributed by atoms with Crippen molar-refractivity contribution in [2.24, 2.45) is 5.92 Å². The summed E-state index contributed by atoms with van der Waals surface area (Å²) in [6.07, 6.45) is 0.223. The maximum Gasteiger partial charge on any atom is 0.243 e. The first-order valence-corrected chi connectivity index (χ1v) is 11.2. The molecule has 160 valence electrons.